The Morgan fingerprint density at radius 3 is 2.84 bits per heavy atom. The van der Waals surface area contributed by atoms with E-state index in [0.717, 1.165) is 4.31 Å². The van der Waals surface area contributed by atoms with Gasteiger partial charge in [-0.05, 0) is 18.8 Å². The van der Waals surface area contributed by atoms with Crippen molar-refractivity contribution in [1.82, 2.24) is 9.29 Å². The van der Waals surface area contributed by atoms with Gasteiger partial charge in [-0.15, -0.1) is 0 Å². The molecule has 6 nitrogen and oxygen atoms in total. The Kier molecular flexibility index (Phi) is 4.38. The zero-order chi connectivity index (χ0) is 13.9. The second-order valence-electron chi connectivity index (χ2n) is 4.72. The number of aromatic amines is 1. The smallest absolute Gasteiger partial charge is 0.248 e. The van der Waals surface area contributed by atoms with Crippen molar-refractivity contribution in [3.05, 3.63) is 28.7 Å². The number of hydrogen-bond acceptors (Lipinski definition) is 4. The second kappa shape index (κ2) is 5.85. The maximum atomic E-state index is 12.1. The highest BCUT2D eigenvalue weighted by Gasteiger charge is 2.24. The van der Waals surface area contributed by atoms with Gasteiger partial charge in [0.2, 0.25) is 15.5 Å². The van der Waals surface area contributed by atoms with Crippen LogP contribution in [0.3, 0.4) is 0 Å². The number of nitrogens with zero attached hydrogens (tertiary/aromatic N) is 1. The molecule has 0 saturated heterocycles. The van der Waals surface area contributed by atoms with Crippen LogP contribution in [0.25, 0.3) is 0 Å². The lowest BCUT2D eigenvalue weighted by Gasteiger charge is -2.16. The maximum absolute atomic E-state index is 12.1. The highest BCUT2D eigenvalue weighted by molar-refractivity contribution is 7.89. The molecule has 1 aliphatic carbocycles. The van der Waals surface area contributed by atoms with Crippen LogP contribution in [0.5, 0.6) is 0 Å². The summed E-state index contributed by atoms with van der Waals surface area (Å²) in [4.78, 5) is 13.9. The SMILES string of the molecule is CN(CCOCC1CC1)S(=O)(=O)c1c[nH]ccc1=O. The van der Waals surface area contributed by atoms with Gasteiger partial charge in [-0.3, -0.25) is 4.79 Å². The topological polar surface area (TPSA) is 79.5 Å². The molecule has 0 aromatic carbocycles. The minimum absolute atomic E-state index is 0.236. The molecule has 106 valence electrons. The van der Waals surface area contributed by atoms with E-state index in [0.29, 0.717) is 19.1 Å². The Balaban J connectivity index is 1.94. The number of rotatable bonds is 7. The van der Waals surface area contributed by atoms with Crippen molar-refractivity contribution in [2.24, 2.45) is 5.92 Å². The highest BCUT2D eigenvalue weighted by Crippen LogP contribution is 2.28. The van der Waals surface area contributed by atoms with Gasteiger partial charge in [-0.1, -0.05) is 0 Å². The lowest BCUT2D eigenvalue weighted by atomic mass is 10.5. The van der Waals surface area contributed by atoms with Crippen molar-refractivity contribution in [2.75, 3.05) is 26.8 Å². The van der Waals surface area contributed by atoms with Gasteiger partial charge in [-0.2, -0.15) is 4.31 Å². The summed E-state index contributed by atoms with van der Waals surface area (Å²) in [6.45, 7) is 1.28. The first-order chi connectivity index (χ1) is 9.01. The largest absolute Gasteiger partial charge is 0.380 e. The third-order valence-electron chi connectivity index (χ3n) is 3.08. The van der Waals surface area contributed by atoms with E-state index < -0.39 is 15.5 Å². The van der Waals surface area contributed by atoms with Gasteiger partial charge in [-0.25, -0.2) is 8.42 Å². The summed E-state index contributed by atoms with van der Waals surface area (Å²) in [7, 11) is -2.30. The van der Waals surface area contributed by atoms with Crippen LogP contribution in [-0.4, -0.2) is 44.5 Å². The van der Waals surface area contributed by atoms with E-state index in [1.165, 1.54) is 38.3 Å². The van der Waals surface area contributed by atoms with E-state index >= 15 is 0 Å². The van der Waals surface area contributed by atoms with E-state index in [4.69, 9.17) is 4.74 Å². The number of nitrogens with one attached hydrogen (secondary N) is 1. The molecular formula is C12H18N2O4S. The molecule has 0 unspecified atom stereocenters. The average molecular weight is 286 g/mol. The van der Waals surface area contributed by atoms with Crippen LogP contribution < -0.4 is 5.43 Å². The van der Waals surface area contributed by atoms with Gasteiger partial charge < -0.3 is 9.72 Å². The zero-order valence-corrected chi connectivity index (χ0v) is 11.6. The maximum Gasteiger partial charge on any atom is 0.248 e. The summed E-state index contributed by atoms with van der Waals surface area (Å²) < 4.78 is 30.8. The van der Waals surface area contributed by atoms with Crippen molar-refractivity contribution < 1.29 is 13.2 Å². The Hall–Kier alpha value is -1.18. The normalized spacial score (nSPS) is 15.9. The van der Waals surface area contributed by atoms with Crippen LogP contribution in [0, 0.1) is 5.92 Å². The van der Waals surface area contributed by atoms with Gasteiger partial charge in [0.05, 0.1) is 6.61 Å². The Bertz CT molecular complexity index is 577. The Labute approximate surface area is 112 Å². The lowest BCUT2D eigenvalue weighted by Crippen LogP contribution is -2.33. The minimum Gasteiger partial charge on any atom is -0.380 e. The molecule has 7 heteroatoms. The molecule has 0 aliphatic heterocycles. The monoisotopic (exact) mass is 286 g/mol. The minimum atomic E-state index is -3.75. The summed E-state index contributed by atoms with van der Waals surface area (Å²) in [6.07, 6.45) is 5.01. The number of ether oxygens (including phenoxy) is 1. The van der Waals surface area contributed by atoms with Gasteiger partial charge >= 0.3 is 0 Å². The van der Waals surface area contributed by atoms with Crippen molar-refractivity contribution in [3.8, 4) is 0 Å². The molecule has 2 rings (SSSR count). The summed E-state index contributed by atoms with van der Waals surface area (Å²) in [6, 6.07) is 1.20. The van der Waals surface area contributed by atoms with Gasteiger partial charge in [0.25, 0.3) is 0 Å². The fourth-order valence-electron chi connectivity index (χ4n) is 1.62. The fourth-order valence-corrected chi connectivity index (χ4v) is 2.81. The number of H-pyrrole nitrogens is 1. The molecule has 0 radical (unpaired) electrons. The summed E-state index contributed by atoms with van der Waals surface area (Å²) in [5.74, 6) is 0.652. The van der Waals surface area contributed by atoms with Gasteiger partial charge in [0, 0.05) is 38.7 Å². The fraction of sp³-hybridized carbons (Fsp3) is 0.583. The van der Waals surface area contributed by atoms with E-state index in [1.807, 2.05) is 0 Å². The standard InChI is InChI=1S/C12H18N2O4S/c1-14(6-7-18-9-10-2-3-10)19(16,17)12-8-13-5-4-11(12)15/h4-5,8,10H,2-3,6-7,9H2,1H3,(H,13,15). The molecule has 0 spiro atoms. The van der Waals surface area contributed by atoms with Crippen LogP contribution >= 0.6 is 0 Å². The molecule has 1 aromatic heterocycles. The molecule has 0 atom stereocenters. The van der Waals surface area contributed by atoms with Crippen molar-refractivity contribution in [3.63, 3.8) is 0 Å². The molecule has 0 amide bonds. The Morgan fingerprint density at radius 2 is 2.21 bits per heavy atom. The molecule has 0 bridgehead atoms. The predicted molar refractivity (Wildman–Crippen MR) is 70.4 cm³/mol. The zero-order valence-electron chi connectivity index (χ0n) is 10.8. The van der Waals surface area contributed by atoms with Crippen LogP contribution in [0.1, 0.15) is 12.8 Å². The van der Waals surface area contributed by atoms with Crippen LogP contribution in [0.15, 0.2) is 28.2 Å². The number of hydrogen-bond donors (Lipinski definition) is 1. The molecule has 1 fully saturated rings. The summed E-state index contributed by atoms with van der Waals surface area (Å²) >= 11 is 0. The van der Waals surface area contributed by atoms with Crippen molar-refractivity contribution >= 4 is 10.0 Å². The number of pyridine rings is 1. The van der Waals surface area contributed by atoms with E-state index in [9.17, 15) is 13.2 Å². The molecule has 1 N–H and O–H groups in total. The van der Waals surface area contributed by atoms with Crippen molar-refractivity contribution in [2.45, 2.75) is 17.7 Å². The van der Waals surface area contributed by atoms with E-state index in [2.05, 4.69) is 4.98 Å². The number of sulfonamides is 1. The molecule has 1 saturated carbocycles. The molecule has 1 aliphatic rings. The predicted octanol–water partition coefficient (Wildman–Crippen LogP) is 0.422. The quantitative estimate of drug-likeness (QED) is 0.737. The highest BCUT2D eigenvalue weighted by atomic mass is 32.2. The van der Waals surface area contributed by atoms with Crippen LogP contribution in [0.4, 0.5) is 0 Å². The van der Waals surface area contributed by atoms with Crippen molar-refractivity contribution in [1.29, 1.82) is 0 Å². The number of likely N-dealkylation sites (N-methyl/N-ethyl adjacent to an activating group) is 1. The second-order valence-corrected chi connectivity index (χ2v) is 6.73. The summed E-state index contributed by atoms with van der Waals surface area (Å²) in [5, 5.41) is 0. The van der Waals surface area contributed by atoms with Crippen LogP contribution in [0.2, 0.25) is 0 Å². The molecule has 1 aromatic rings. The number of aromatic nitrogens is 1. The van der Waals surface area contributed by atoms with E-state index in [-0.39, 0.29) is 11.4 Å². The van der Waals surface area contributed by atoms with Gasteiger partial charge in [0.1, 0.15) is 4.90 Å². The summed E-state index contributed by atoms with van der Waals surface area (Å²) in [5.41, 5.74) is -0.510. The van der Waals surface area contributed by atoms with Crippen LogP contribution in [-0.2, 0) is 14.8 Å². The molecule has 1 heterocycles. The lowest BCUT2D eigenvalue weighted by molar-refractivity contribution is 0.117. The molecular weight excluding hydrogens is 268 g/mol. The van der Waals surface area contributed by atoms with E-state index in [1.54, 1.807) is 0 Å². The molecule has 19 heavy (non-hydrogen) atoms. The van der Waals surface area contributed by atoms with Gasteiger partial charge in [0.15, 0.2) is 0 Å². The first kappa shape index (κ1) is 14.2. The average Bonchev–Trinajstić information content (AvgIpc) is 3.18. The first-order valence-electron chi connectivity index (χ1n) is 6.23. The first-order valence-corrected chi connectivity index (χ1v) is 7.67. The third-order valence-corrected chi connectivity index (χ3v) is 4.96. The Morgan fingerprint density at radius 1 is 1.47 bits per heavy atom. The third kappa shape index (κ3) is 3.65.